The number of aromatic nitrogens is 1. The van der Waals surface area contributed by atoms with Crippen LogP contribution in [0.1, 0.15) is 24.1 Å². The van der Waals surface area contributed by atoms with Crippen LogP contribution in [0.3, 0.4) is 0 Å². The van der Waals surface area contributed by atoms with Gasteiger partial charge in [0.15, 0.2) is 5.15 Å². The van der Waals surface area contributed by atoms with Gasteiger partial charge in [-0.1, -0.05) is 17.7 Å². The number of hydrogen-bond donors (Lipinski definition) is 1. The maximum absolute atomic E-state index is 13.7. The van der Waals surface area contributed by atoms with E-state index >= 15 is 0 Å². The van der Waals surface area contributed by atoms with Crippen LogP contribution in [0.5, 0.6) is 0 Å². The molecule has 0 aliphatic carbocycles. The Labute approximate surface area is 115 Å². The summed E-state index contributed by atoms with van der Waals surface area (Å²) < 4.78 is 27.3. The summed E-state index contributed by atoms with van der Waals surface area (Å²) in [5, 5.41) is 3.25. The van der Waals surface area contributed by atoms with Gasteiger partial charge in [-0.05, 0) is 37.6 Å². The average Bonchev–Trinajstić information content (AvgIpc) is 2.33. The first-order valence-corrected chi connectivity index (χ1v) is 6.19. The van der Waals surface area contributed by atoms with Gasteiger partial charge in [0.05, 0.1) is 11.7 Å². The average molecular weight is 283 g/mol. The van der Waals surface area contributed by atoms with E-state index < -0.39 is 17.7 Å². The first kappa shape index (κ1) is 13.7. The van der Waals surface area contributed by atoms with Gasteiger partial charge in [-0.3, -0.25) is 0 Å². The molecule has 0 amide bonds. The van der Waals surface area contributed by atoms with Crippen molar-refractivity contribution < 1.29 is 8.78 Å². The molecule has 1 atom stereocenters. The minimum atomic E-state index is -0.586. The van der Waals surface area contributed by atoms with E-state index in [9.17, 15) is 8.78 Å². The van der Waals surface area contributed by atoms with E-state index in [4.69, 9.17) is 11.6 Å². The molecule has 2 aromatic rings. The smallest absolute Gasteiger partial charge is 0.152 e. The van der Waals surface area contributed by atoms with E-state index in [2.05, 4.69) is 10.3 Å². The lowest BCUT2D eigenvalue weighted by Gasteiger charge is -2.18. The Morgan fingerprint density at radius 3 is 2.53 bits per heavy atom. The normalized spacial score (nSPS) is 12.3. The van der Waals surface area contributed by atoms with Gasteiger partial charge in [-0.15, -0.1) is 0 Å². The van der Waals surface area contributed by atoms with E-state index in [1.54, 1.807) is 19.2 Å². The van der Waals surface area contributed by atoms with Crippen molar-refractivity contribution in [3.05, 3.63) is 58.4 Å². The quantitative estimate of drug-likeness (QED) is 0.839. The molecule has 1 N–H and O–H groups in total. The molecule has 2 rings (SSSR count). The highest BCUT2D eigenvalue weighted by atomic mass is 35.5. The molecule has 1 heterocycles. The summed E-state index contributed by atoms with van der Waals surface area (Å²) in [6, 6.07) is 5.02. The molecule has 5 heteroatoms. The lowest BCUT2D eigenvalue weighted by molar-refractivity contribution is 0.544. The molecule has 0 saturated carbocycles. The van der Waals surface area contributed by atoms with E-state index in [1.165, 1.54) is 18.2 Å². The van der Waals surface area contributed by atoms with Gasteiger partial charge < -0.3 is 5.32 Å². The SMILES string of the molecule is Cc1cnc(Cl)c(NC(C)c2c(F)cccc2F)c1. The van der Waals surface area contributed by atoms with Crippen LogP contribution in [-0.4, -0.2) is 4.98 Å². The van der Waals surface area contributed by atoms with E-state index in [0.29, 0.717) is 5.69 Å². The van der Waals surface area contributed by atoms with Gasteiger partial charge in [0.2, 0.25) is 0 Å². The molecule has 1 aromatic carbocycles. The molecule has 0 aliphatic heterocycles. The standard InChI is InChI=1S/C14H13ClF2N2/c1-8-6-12(14(15)18-7-8)19-9(2)13-10(16)4-3-5-11(13)17/h3-7,9,19H,1-2H3. The second-order valence-electron chi connectivity index (χ2n) is 4.35. The van der Waals surface area contributed by atoms with Gasteiger partial charge in [0, 0.05) is 11.8 Å². The van der Waals surface area contributed by atoms with E-state index in [1.807, 2.05) is 6.92 Å². The van der Waals surface area contributed by atoms with Gasteiger partial charge in [-0.25, -0.2) is 13.8 Å². The molecule has 0 fully saturated rings. The van der Waals surface area contributed by atoms with Crippen LogP contribution in [0.15, 0.2) is 30.5 Å². The first-order valence-electron chi connectivity index (χ1n) is 5.81. The molecular weight excluding hydrogens is 270 g/mol. The number of nitrogens with one attached hydrogen (secondary N) is 1. The second-order valence-corrected chi connectivity index (χ2v) is 4.71. The van der Waals surface area contributed by atoms with Gasteiger partial charge in [0.1, 0.15) is 11.6 Å². The van der Waals surface area contributed by atoms with Crippen LogP contribution < -0.4 is 5.32 Å². The van der Waals surface area contributed by atoms with Crippen molar-refractivity contribution >= 4 is 17.3 Å². The summed E-state index contributed by atoms with van der Waals surface area (Å²) in [4.78, 5) is 3.99. The zero-order chi connectivity index (χ0) is 14.0. The topological polar surface area (TPSA) is 24.9 Å². The number of anilines is 1. The number of nitrogens with zero attached hydrogens (tertiary/aromatic N) is 1. The number of hydrogen-bond acceptors (Lipinski definition) is 2. The zero-order valence-corrected chi connectivity index (χ0v) is 11.3. The largest absolute Gasteiger partial charge is 0.376 e. The van der Waals surface area contributed by atoms with Gasteiger partial charge >= 0.3 is 0 Å². The Balaban J connectivity index is 2.31. The van der Waals surface area contributed by atoms with E-state index in [-0.39, 0.29) is 10.7 Å². The number of rotatable bonds is 3. The van der Waals surface area contributed by atoms with Crippen molar-refractivity contribution in [3.8, 4) is 0 Å². The highest BCUT2D eigenvalue weighted by Gasteiger charge is 2.16. The Hall–Kier alpha value is -1.68. The molecule has 0 bridgehead atoms. The molecule has 19 heavy (non-hydrogen) atoms. The summed E-state index contributed by atoms with van der Waals surface area (Å²) in [6.07, 6.45) is 1.63. The van der Waals surface area contributed by atoms with Crippen molar-refractivity contribution in [1.29, 1.82) is 0 Å². The number of pyridine rings is 1. The van der Waals surface area contributed by atoms with Crippen LogP contribution in [-0.2, 0) is 0 Å². The third kappa shape index (κ3) is 3.01. The lowest BCUT2D eigenvalue weighted by atomic mass is 10.1. The maximum Gasteiger partial charge on any atom is 0.152 e. The predicted octanol–water partition coefficient (Wildman–Crippen LogP) is 4.49. The van der Waals surface area contributed by atoms with Crippen LogP contribution in [0.25, 0.3) is 0 Å². The molecule has 1 aromatic heterocycles. The van der Waals surface area contributed by atoms with Crippen molar-refractivity contribution in [1.82, 2.24) is 4.98 Å². The van der Waals surface area contributed by atoms with E-state index in [0.717, 1.165) is 5.56 Å². The Morgan fingerprint density at radius 1 is 1.26 bits per heavy atom. The number of aryl methyl sites for hydroxylation is 1. The molecule has 0 radical (unpaired) electrons. The summed E-state index contributed by atoms with van der Waals surface area (Å²) in [5.74, 6) is -1.17. The van der Waals surface area contributed by atoms with Crippen LogP contribution in [0.4, 0.5) is 14.5 Å². The summed E-state index contributed by atoms with van der Waals surface area (Å²) in [7, 11) is 0. The van der Waals surface area contributed by atoms with Crippen molar-refractivity contribution in [3.63, 3.8) is 0 Å². The molecule has 1 unspecified atom stereocenters. The highest BCUT2D eigenvalue weighted by Crippen LogP contribution is 2.27. The highest BCUT2D eigenvalue weighted by molar-refractivity contribution is 6.31. The summed E-state index contributed by atoms with van der Waals surface area (Å²) >= 11 is 5.95. The van der Waals surface area contributed by atoms with Crippen LogP contribution >= 0.6 is 11.6 Å². The zero-order valence-electron chi connectivity index (χ0n) is 10.5. The fourth-order valence-electron chi connectivity index (χ4n) is 1.88. The number of halogens is 3. The Morgan fingerprint density at radius 2 is 1.89 bits per heavy atom. The van der Waals surface area contributed by atoms with Crippen LogP contribution in [0, 0.1) is 18.6 Å². The minimum absolute atomic E-state index is 0.0138. The fourth-order valence-corrected chi connectivity index (χ4v) is 2.04. The number of benzene rings is 1. The van der Waals surface area contributed by atoms with Crippen molar-refractivity contribution in [2.45, 2.75) is 19.9 Å². The minimum Gasteiger partial charge on any atom is -0.376 e. The second kappa shape index (κ2) is 5.53. The Bertz CT molecular complexity index is 582. The van der Waals surface area contributed by atoms with Gasteiger partial charge in [-0.2, -0.15) is 0 Å². The monoisotopic (exact) mass is 282 g/mol. The summed E-state index contributed by atoms with van der Waals surface area (Å²) in [6.45, 7) is 3.53. The van der Waals surface area contributed by atoms with Crippen molar-refractivity contribution in [2.24, 2.45) is 0 Å². The Kier molecular flexibility index (Phi) is 4.00. The van der Waals surface area contributed by atoms with Gasteiger partial charge in [0.25, 0.3) is 0 Å². The molecule has 0 spiro atoms. The lowest BCUT2D eigenvalue weighted by Crippen LogP contribution is -2.11. The molecule has 2 nitrogen and oxygen atoms in total. The molecule has 100 valence electrons. The predicted molar refractivity (Wildman–Crippen MR) is 72.4 cm³/mol. The fraction of sp³-hybridized carbons (Fsp3) is 0.214. The molecule has 0 aliphatic rings. The maximum atomic E-state index is 13.7. The first-order chi connectivity index (χ1) is 8.99. The molecular formula is C14H13ClF2N2. The third-order valence-electron chi connectivity index (χ3n) is 2.78. The molecule has 0 saturated heterocycles. The third-order valence-corrected chi connectivity index (χ3v) is 3.08. The van der Waals surface area contributed by atoms with Crippen LogP contribution in [0.2, 0.25) is 5.15 Å². The van der Waals surface area contributed by atoms with Crippen molar-refractivity contribution in [2.75, 3.05) is 5.32 Å². The summed E-state index contributed by atoms with van der Waals surface area (Å²) in [5.41, 5.74) is 1.45.